The van der Waals surface area contributed by atoms with Crippen molar-refractivity contribution in [2.75, 3.05) is 39.2 Å². The van der Waals surface area contributed by atoms with Gasteiger partial charge in [-0.3, -0.25) is 4.79 Å². The van der Waals surface area contributed by atoms with E-state index in [1.807, 2.05) is 6.92 Å². The number of hydrogen-bond donors (Lipinski definition) is 0. The number of pyridine rings is 1. The van der Waals surface area contributed by atoms with Gasteiger partial charge in [0, 0.05) is 26.8 Å². The van der Waals surface area contributed by atoms with E-state index in [1.165, 1.54) is 33.5 Å². The maximum Gasteiger partial charge on any atom is 0.325 e. The fraction of sp³-hybridized carbons (Fsp3) is 0.500. The van der Waals surface area contributed by atoms with E-state index in [4.69, 9.17) is 0 Å². The summed E-state index contributed by atoms with van der Waals surface area (Å²) in [5.74, 6) is 0.147. The Morgan fingerprint density at radius 2 is 2.00 bits per heavy atom. The summed E-state index contributed by atoms with van der Waals surface area (Å²) < 4.78 is 29.5. The Morgan fingerprint density at radius 3 is 2.40 bits per heavy atom. The van der Waals surface area contributed by atoms with Crippen LogP contribution in [0.5, 0.6) is 0 Å². The maximum atomic E-state index is 11.9. The standard InChI is InChI=1S/C12H19N3O4S/c1-5-15(9-12(16)19-4)11-7-6-10(8-13-11)20(17,18)14(2)3/h6-8H,5,9H2,1-4H3. The van der Waals surface area contributed by atoms with Crippen molar-refractivity contribution in [3.63, 3.8) is 0 Å². The quantitative estimate of drug-likeness (QED) is 0.705. The molecule has 7 nitrogen and oxygen atoms in total. The molecule has 20 heavy (non-hydrogen) atoms. The van der Waals surface area contributed by atoms with Crippen LogP contribution in [0.2, 0.25) is 0 Å². The van der Waals surface area contributed by atoms with Crippen LogP contribution in [0.15, 0.2) is 23.2 Å². The van der Waals surface area contributed by atoms with Crippen LogP contribution in [0, 0.1) is 0 Å². The van der Waals surface area contributed by atoms with E-state index in [0.717, 1.165) is 4.31 Å². The van der Waals surface area contributed by atoms with Crippen molar-refractivity contribution < 1.29 is 17.9 Å². The molecule has 0 aromatic carbocycles. The molecule has 112 valence electrons. The zero-order chi connectivity index (χ0) is 15.3. The first kappa shape index (κ1) is 16.4. The number of carbonyl (C=O) groups is 1. The average molecular weight is 301 g/mol. The van der Waals surface area contributed by atoms with Crippen molar-refractivity contribution >= 4 is 21.8 Å². The van der Waals surface area contributed by atoms with Gasteiger partial charge in [-0.25, -0.2) is 17.7 Å². The highest BCUT2D eigenvalue weighted by Gasteiger charge is 2.18. The predicted molar refractivity (Wildman–Crippen MR) is 75.0 cm³/mol. The maximum absolute atomic E-state index is 11.9. The first-order valence-electron chi connectivity index (χ1n) is 6.03. The number of sulfonamides is 1. The summed E-state index contributed by atoms with van der Waals surface area (Å²) >= 11 is 0. The Morgan fingerprint density at radius 1 is 1.35 bits per heavy atom. The molecule has 1 aromatic rings. The van der Waals surface area contributed by atoms with Crippen molar-refractivity contribution in [3.8, 4) is 0 Å². The smallest absolute Gasteiger partial charge is 0.325 e. The first-order valence-corrected chi connectivity index (χ1v) is 7.47. The van der Waals surface area contributed by atoms with Crippen LogP contribution < -0.4 is 4.90 Å². The van der Waals surface area contributed by atoms with E-state index in [2.05, 4.69) is 9.72 Å². The van der Waals surface area contributed by atoms with Crippen LogP contribution in [0.3, 0.4) is 0 Å². The average Bonchev–Trinajstić information content (AvgIpc) is 2.44. The second-order valence-electron chi connectivity index (χ2n) is 4.23. The minimum atomic E-state index is -3.49. The van der Waals surface area contributed by atoms with Crippen LogP contribution in [-0.4, -0.2) is 58.0 Å². The highest BCUT2D eigenvalue weighted by atomic mass is 32.2. The first-order chi connectivity index (χ1) is 9.32. The van der Waals surface area contributed by atoms with Gasteiger partial charge < -0.3 is 9.64 Å². The Kier molecular flexibility index (Phi) is 5.46. The van der Waals surface area contributed by atoms with E-state index < -0.39 is 10.0 Å². The lowest BCUT2D eigenvalue weighted by Crippen LogP contribution is -2.31. The Hall–Kier alpha value is -1.67. The molecule has 0 fully saturated rings. The topological polar surface area (TPSA) is 79.8 Å². The molecule has 0 aliphatic carbocycles. The summed E-state index contributed by atoms with van der Waals surface area (Å²) in [5.41, 5.74) is 0. The largest absolute Gasteiger partial charge is 0.468 e. The highest BCUT2D eigenvalue weighted by Crippen LogP contribution is 2.16. The molecule has 1 heterocycles. The molecule has 0 aliphatic heterocycles. The molecule has 0 bridgehead atoms. The van der Waals surface area contributed by atoms with Gasteiger partial charge >= 0.3 is 5.97 Å². The second-order valence-corrected chi connectivity index (χ2v) is 6.38. The van der Waals surface area contributed by atoms with Crippen molar-refractivity contribution in [2.24, 2.45) is 0 Å². The van der Waals surface area contributed by atoms with Gasteiger partial charge in [0.1, 0.15) is 17.3 Å². The minimum absolute atomic E-state index is 0.0692. The van der Waals surface area contributed by atoms with E-state index in [0.29, 0.717) is 12.4 Å². The Balaban J connectivity index is 2.98. The summed E-state index contributed by atoms with van der Waals surface area (Å²) in [6.07, 6.45) is 1.28. The lowest BCUT2D eigenvalue weighted by molar-refractivity contribution is -0.138. The molecule has 0 atom stereocenters. The number of methoxy groups -OCH3 is 1. The van der Waals surface area contributed by atoms with Crippen molar-refractivity contribution in [1.82, 2.24) is 9.29 Å². The van der Waals surface area contributed by atoms with Crippen molar-refractivity contribution in [1.29, 1.82) is 0 Å². The molecule has 8 heteroatoms. The molecule has 0 aliphatic rings. The second kappa shape index (κ2) is 6.67. The Bertz CT molecular complexity index is 555. The molecule has 0 unspecified atom stereocenters. The monoisotopic (exact) mass is 301 g/mol. The molecule has 0 radical (unpaired) electrons. The van der Waals surface area contributed by atoms with Crippen LogP contribution in [0.25, 0.3) is 0 Å². The van der Waals surface area contributed by atoms with Crippen LogP contribution >= 0.6 is 0 Å². The number of ether oxygens (including phenoxy) is 1. The lowest BCUT2D eigenvalue weighted by atomic mass is 10.4. The number of hydrogen-bond acceptors (Lipinski definition) is 6. The summed E-state index contributed by atoms with van der Waals surface area (Å²) in [7, 11) is 0.737. The van der Waals surface area contributed by atoms with Gasteiger partial charge in [-0.1, -0.05) is 0 Å². The number of anilines is 1. The van der Waals surface area contributed by atoms with E-state index in [1.54, 1.807) is 11.0 Å². The van der Waals surface area contributed by atoms with Gasteiger partial charge in [-0.05, 0) is 19.1 Å². The van der Waals surface area contributed by atoms with Crippen molar-refractivity contribution in [2.45, 2.75) is 11.8 Å². The molecule has 0 spiro atoms. The minimum Gasteiger partial charge on any atom is -0.468 e. The normalized spacial score (nSPS) is 11.4. The zero-order valence-electron chi connectivity index (χ0n) is 12.0. The molecule has 0 saturated carbocycles. The summed E-state index contributed by atoms with van der Waals surface area (Å²) in [4.78, 5) is 17.2. The number of aromatic nitrogens is 1. The lowest BCUT2D eigenvalue weighted by Gasteiger charge is -2.20. The van der Waals surface area contributed by atoms with Crippen LogP contribution in [0.4, 0.5) is 5.82 Å². The number of carbonyl (C=O) groups excluding carboxylic acids is 1. The highest BCUT2D eigenvalue weighted by molar-refractivity contribution is 7.89. The number of rotatable bonds is 6. The van der Waals surface area contributed by atoms with Crippen molar-refractivity contribution in [3.05, 3.63) is 18.3 Å². The zero-order valence-corrected chi connectivity index (χ0v) is 12.8. The Labute approximate surface area is 119 Å². The molecule has 0 N–H and O–H groups in total. The molecular weight excluding hydrogens is 282 g/mol. The van der Waals surface area contributed by atoms with Crippen LogP contribution in [0.1, 0.15) is 6.92 Å². The molecule has 0 amide bonds. The van der Waals surface area contributed by atoms with E-state index >= 15 is 0 Å². The molecule has 1 aromatic heterocycles. The van der Waals surface area contributed by atoms with Gasteiger partial charge in [-0.15, -0.1) is 0 Å². The SMILES string of the molecule is CCN(CC(=O)OC)c1ccc(S(=O)(=O)N(C)C)cn1. The van der Waals surface area contributed by atoms with Gasteiger partial charge in [0.05, 0.1) is 7.11 Å². The third-order valence-electron chi connectivity index (χ3n) is 2.75. The summed E-state index contributed by atoms with van der Waals surface area (Å²) in [6.45, 7) is 2.50. The van der Waals surface area contributed by atoms with Gasteiger partial charge in [0.2, 0.25) is 10.0 Å². The number of nitrogens with zero attached hydrogens (tertiary/aromatic N) is 3. The molecule has 0 saturated heterocycles. The fourth-order valence-corrected chi connectivity index (χ4v) is 2.35. The number of esters is 1. The van der Waals surface area contributed by atoms with Gasteiger partial charge in [0.25, 0.3) is 0 Å². The summed E-state index contributed by atoms with van der Waals surface area (Å²) in [6, 6.07) is 3.04. The third kappa shape index (κ3) is 3.67. The molecule has 1 rings (SSSR count). The fourth-order valence-electron chi connectivity index (χ4n) is 1.50. The third-order valence-corrected chi connectivity index (χ3v) is 4.55. The number of likely N-dealkylation sites (N-methyl/N-ethyl adjacent to an activating group) is 1. The van der Waals surface area contributed by atoms with Crippen LogP contribution in [-0.2, 0) is 19.6 Å². The van der Waals surface area contributed by atoms with E-state index in [9.17, 15) is 13.2 Å². The van der Waals surface area contributed by atoms with Gasteiger partial charge in [0.15, 0.2) is 0 Å². The van der Waals surface area contributed by atoms with Gasteiger partial charge in [-0.2, -0.15) is 0 Å². The predicted octanol–water partition coefficient (Wildman–Crippen LogP) is 0.331. The summed E-state index contributed by atoms with van der Waals surface area (Å²) in [5, 5.41) is 0. The molecular formula is C12H19N3O4S. The van der Waals surface area contributed by atoms with E-state index in [-0.39, 0.29) is 17.4 Å².